The Hall–Kier alpha value is -1.49. The lowest BCUT2D eigenvalue weighted by Crippen LogP contribution is -2.14. The Kier molecular flexibility index (Phi) is 4.25. The number of carbonyl (C=O) groups is 1. The van der Waals surface area contributed by atoms with Crippen LogP contribution in [-0.4, -0.2) is 48.1 Å². The van der Waals surface area contributed by atoms with E-state index in [9.17, 15) is 4.79 Å². The lowest BCUT2D eigenvalue weighted by Gasteiger charge is -2.10. The van der Waals surface area contributed by atoms with Gasteiger partial charge in [-0.25, -0.2) is 9.97 Å². The van der Waals surface area contributed by atoms with E-state index >= 15 is 0 Å². The molecule has 1 atom stereocenters. The molecule has 1 saturated heterocycles. The summed E-state index contributed by atoms with van der Waals surface area (Å²) >= 11 is 0. The number of hydrogen-bond donors (Lipinski definition) is 0. The maximum Gasteiger partial charge on any atom is 0.305 e. The van der Waals surface area contributed by atoms with Crippen molar-refractivity contribution in [3.05, 3.63) is 23.8 Å². The van der Waals surface area contributed by atoms with Crippen LogP contribution in [0, 0.1) is 0 Å². The van der Waals surface area contributed by atoms with Crippen molar-refractivity contribution < 1.29 is 9.53 Å². The first kappa shape index (κ1) is 13.0. The van der Waals surface area contributed by atoms with E-state index in [1.54, 1.807) is 6.20 Å². The van der Waals surface area contributed by atoms with Crippen LogP contribution in [0.4, 0.5) is 0 Å². The van der Waals surface area contributed by atoms with Crippen molar-refractivity contribution in [2.24, 2.45) is 0 Å². The fraction of sp³-hybridized carbons (Fsp3) is 0.615. The molecule has 0 bridgehead atoms. The van der Waals surface area contributed by atoms with Gasteiger partial charge < -0.3 is 9.64 Å². The van der Waals surface area contributed by atoms with Crippen LogP contribution < -0.4 is 0 Å². The molecular weight excluding hydrogens is 230 g/mol. The van der Waals surface area contributed by atoms with Gasteiger partial charge in [-0.05, 0) is 26.1 Å². The highest BCUT2D eigenvalue weighted by atomic mass is 16.5. The Balaban J connectivity index is 1.99. The van der Waals surface area contributed by atoms with Gasteiger partial charge in [0, 0.05) is 30.8 Å². The fourth-order valence-electron chi connectivity index (χ4n) is 2.26. The summed E-state index contributed by atoms with van der Waals surface area (Å²) in [6.07, 6.45) is 3.81. The van der Waals surface area contributed by atoms with Crippen LogP contribution in [0.2, 0.25) is 0 Å². The molecule has 1 aliphatic rings. The first-order chi connectivity index (χ1) is 8.69. The molecule has 1 aromatic heterocycles. The van der Waals surface area contributed by atoms with E-state index in [0.29, 0.717) is 18.8 Å². The van der Waals surface area contributed by atoms with Gasteiger partial charge in [0.25, 0.3) is 0 Å². The average molecular weight is 249 g/mol. The molecule has 0 N–H and O–H groups in total. The van der Waals surface area contributed by atoms with Crippen LogP contribution in [0.3, 0.4) is 0 Å². The molecule has 1 aromatic rings. The number of methoxy groups -OCH3 is 1. The van der Waals surface area contributed by atoms with Crippen molar-refractivity contribution in [2.75, 3.05) is 27.2 Å². The minimum atomic E-state index is -0.218. The maximum absolute atomic E-state index is 11.1. The van der Waals surface area contributed by atoms with Crippen LogP contribution in [0.15, 0.2) is 12.3 Å². The lowest BCUT2D eigenvalue weighted by molar-refractivity contribution is -0.140. The van der Waals surface area contributed by atoms with E-state index in [-0.39, 0.29) is 5.97 Å². The Morgan fingerprint density at radius 3 is 3.11 bits per heavy atom. The molecule has 98 valence electrons. The zero-order valence-corrected chi connectivity index (χ0v) is 10.9. The molecule has 0 aromatic carbocycles. The molecule has 1 fully saturated rings. The molecule has 0 aliphatic carbocycles. The maximum atomic E-state index is 11.1. The molecule has 0 spiro atoms. The smallest absolute Gasteiger partial charge is 0.305 e. The quantitative estimate of drug-likeness (QED) is 0.745. The second-order valence-electron chi connectivity index (χ2n) is 4.72. The van der Waals surface area contributed by atoms with Gasteiger partial charge in [-0.1, -0.05) is 0 Å². The van der Waals surface area contributed by atoms with E-state index in [1.165, 1.54) is 7.11 Å². The second-order valence-corrected chi connectivity index (χ2v) is 4.72. The van der Waals surface area contributed by atoms with Crippen molar-refractivity contribution in [1.29, 1.82) is 0 Å². The van der Waals surface area contributed by atoms with Crippen molar-refractivity contribution in [2.45, 2.75) is 25.2 Å². The van der Waals surface area contributed by atoms with E-state index in [0.717, 1.165) is 31.0 Å². The van der Waals surface area contributed by atoms with Crippen LogP contribution in [-0.2, 0) is 16.0 Å². The number of aryl methyl sites for hydroxylation is 1. The Morgan fingerprint density at radius 2 is 2.44 bits per heavy atom. The van der Waals surface area contributed by atoms with Crippen molar-refractivity contribution in [3.63, 3.8) is 0 Å². The van der Waals surface area contributed by atoms with Gasteiger partial charge in [0.05, 0.1) is 13.5 Å². The van der Waals surface area contributed by atoms with Gasteiger partial charge in [0.1, 0.15) is 5.82 Å². The summed E-state index contributed by atoms with van der Waals surface area (Å²) in [5.74, 6) is 1.01. The Labute approximate surface area is 107 Å². The lowest BCUT2D eigenvalue weighted by atomic mass is 10.0. The highest BCUT2D eigenvalue weighted by Crippen LogP contribution is 2.24. The summed E-state index contributed by atoms with van der Waals surface area (Å²) in [7, 11) is 3.52. The van der Waals surface area contributed by atoms with Crippen molar-refractivity contribution in [1.82, 2.24) is 14.9 Å². The first-order valence-electron chi connectivity index (χ1n) is 6.26. The highest BCUT2D eigenvalue weighted by Gasteiger charge is 2.22. The molecule has 2 heterocycles. The summed E-state index contributed by atoms with van der Waals surface area (Å²) in [4.78, 5) is 22.1. The molecule has 0 amide bonds. The minimum absolute atomic E-state index is 0.218. The molecule has 0 radical (unpaired) electrons. The van der Waals surface area contributed by atoms with Gasteiger partial charge in [-0.2, -0.15) is 0 Å². The third kappa shape index (κ3) is 3.26. The SMILES string of the molecule is COC(=O)CCc1nccc(C2CCN(C)C2)n1. The number of nitrogens with zero attached hydrogens (tertiary/aromatic N) is 3. The fourth-order valence-corrected chi connectivity index (χ4v) is 2.26. The van der Waals surface area contributed by atoms with E-state index < -0.39 is 0 Å². The number of aromatic nitrogens is 2. The number of hydrogen-bond acceptors (Lipinski definition) is 5. The molecular formula is C13H19N3O2. The van der Waals surface area contributed by atoms with Gasteiger partial charge in [-0.15, -0.1) is 0 Å². The molecule has 5 heteroatoms. The predicted octanol–water partition coefficient (Wildman–Crippen LogP) is 1.00. The zero-order chi connectivity index (χ0) is 13.0. The van der Waals surface area contributed by atoms with Crippen LogP contribution >= 0.6 is 0 Å². The second kappa shape index (κ2) is 5.91. The summed E-state index contributed by atoms with van der Waals surface area (Å²) in [5, 5.41) is 0. The molecule has 5 nitrogen and oxygen atoms in total. The van der Waals surface area contributed by atoms with Crippen LogP contribution in [0.5, 0.6) is 0 Å². The number of likely N-dealkylation sites (tertiary alicyclic amines) is 1. The average Bonchev–Trinajstić information content (AvgIpc) is 2.83. The number of likely N-dealkylation sites (N-methyl/N-ethyl adjacent to an activating group) is 1. The van der Waals surface area contributed by atoms with Crippen LogP contribution in [0.25, 0.3) is 0 Å². The third-order valence-corrected chi connectivity index (χ3v) is 3.32. The van der Waals surface area contributed by atoms with Crippen molar-refractivity contribution in [3.8, 4) is 0 Å². The minimum Gasteiger partial charge on any atom is -0.469 e. The normalized spacial score (nSPS) is 20.0. The summed E-state index contributed by atoms with van der Waals surface area (Å²) < 4.78 is 4.61. The molecule has 2 rings (SSSR count). The van der Waals surface area contributed by atoms with Crippen molar-refractivity contribution >= 4 is 5.97 Å². The Morgan fingerprint density at radius 1 is 1.61 bits per heavy atom. The summed E-state index contributed by atoms with van der Waals surface area (Å²) in [6.45, 7) is 2.17. The molecule has 1 aliphatic heterocycles. The van der Waals surface area contributed by atoms with Gasteiger partial charge in [-0.3, -0.25) is 4.79 Å². The molecule has 1 unspecified atom stereocenters. The Bertz CT molecular complexity index is 422. The molecule has 18 heavy (non-hydrogen) atoms. The first-order valence-corrected chi connectivity index (χ1v) is 6.26. The number of carbonyl (C=O) groups excluding carboxylic acids is 1. The number of ether oxygens (including phenoxy) is 1. The predicted molar refractivity (Wildman–Crippen MR) is 67.2 cm³/mol. The standard InChI is InChI=1S/C13H19N3O2/c1-16-8-6-10(9-16)11-5-7-14-12(15-11)3-4-13(17)18-2/h5,7,10H,3-4,6,8-9H2,1-2H3. The highest BCUT2D eigenvalue weighted by molar-refractivity contribution is 5.69. The van der Waals surface area contributed by atoms with Gasteiger partial charge >= 0.3 is 5.97 Å². The van der Waals surface area contributed by atoms with E-state index in [1.807, 2.05) is 6.07 Å². The molecule has 0 saturated carbocycles. The zero-order valence-electron chi connectivity index (χ0n) is 10.9. The van der Waals surface area contributed by atoms with Gasteiger partial charge in [0.2, 0.25) is 0 Å². The largest absolute Gasteiger partial charge is 0.469 e. The number of rotatable bonds is 4. The van der Waals surface area contributed by atoms with Crippen LogP contribution in [0.1, 0.15) is 30.3 Å². The van der Waals surface area contributed by atoms with E-state index in [4.69, 9.17) is 0 Å². The van der Waals surface area contributed by atoms with E-state index in [2.05, 4.69) is 26.7 Å². The topological polar surface area (TPSA) is 55.3 Å². The van der Waals surface area contributed by atoms with Gasteiger partial charge in [0.15, 0.2) is 0 Å². The third-order valence-electron chi connectivity index (χ3n) is 3.32. The summed E-state index contributed by atoms with van der Waals surface area (Å²) in [5.41, 5.74) is 1.09. The monoisotopic (exact) mass is 249 g/mol. The number of esters is 1. The summed E-state index contributed by atoms with van der Waals surface area (Å²) in [6, 6.07) is 1.98.